The van der Waals surface area contributed by atoms with Gasteiger partial charge in [-0.25, -0.2) is 0 Å². The molecule has 0 saturated carbocycles. The highest BCUT2D eigenvalue weighted by Gasteiger charge is 2.25. The highest BCUT2D eigenvalue weighted by molar-refractivity contribution is 9.10. The predicted molar refractivity (Wildman–Crippen MR) is 65.8 cm³/mol. The third-order valence-corrected chi connectivity index (χ3v) is 2.93. The van der Waals surface area contributed by atoms with E-state index >= 15 is 0 Å². The molecule has 0 bridgehead atoms. The van der Waals surface area contributed by atoms with Crippen LogP contribution in [0.5, 0.6) is 0 Å². The summed E-state index contributed by atoms with van der Waals surface area (Å²) in [5.74, 6) is 0. The number of halogens is 4. The lowest BCUT2D eigenvalue weighted by atomic mass is 10.1. The lowest BCUT2D eigenvalue weighted by Crippen LogP contribution is -2.21. The first-order valence-electron chi connectivity index (χ1n) is 5.44. The van der Waals surface area contributed by atoms with Crippen LogP contribution in [-0.2, 0) is 0 Å². The molecule has 0 aliphatic heterocycles. The van der Waals surface area contributed by atoms with Gasteiger partial charge in [-0.3, -0.25) is 0 Å². The normalized spacial score (nSPS) is 13.7. The van der Waals surface area contributed by atoms with Gasteiger partial charge < -0.3 is 5.32 Å². The molecule has 1 aromatic carbocycles. The van der Waals surface area contributed by atoms with Crippen LogP contribution in [0.3, 0.4) is 0 Å². The first-order valence-corrected chi connectivity index (χ1v) is 6.23. The summed E-state index contributed by atoms with van der Waals surface area (Å²) in [6, 6.07) is 7.79. The van der Waals surface area contributed by atoms with Crippen LogP contribution in [0.25, 0.3) is 0 Å². The number of benzene rings is 1. The molecule has 0 heterocycles. The minimum atomic E-state index is -4.05. The molecule has 0 spiro atoms. The molecule has 0 amide bonds. The van der Waals surface area contributed by atoms with Crippen LogP contribution in [0.1, 0.15) is 31.4 Å². The van der Waals surface area contributed by atoms with Crippen molar-refractivity contribution >= 4 is 15.9 Å². The second kappa shape index (κ2) is 6.40. The van der Waals surface area contributed by atoms with E-state index in [0.717, 1.165) is 10.0 Å². The largest absolute Gasteiger partial charge is 0.389 e. The standard InChI is InChI=1S/C12H15BrF3N/c1-9(10-4-2-5-11(13)8-10)17-7-3-6-12(14,15)16/h2,4-5,8-9,17H,3,6-7H2,1H3/t9-/m0/s1. The van der Waals surface area contributed by atoms with Crippen molar-refractivity contribution in [1.82, 2.24) is 5.32 Å². The Balaban J connectivity index is 2.33. The zero-order valence-corrected chi connectivity index (χ0v) is 11.1. The van der Waals surface area contributed by atoms with Crippen LogP contribution in [0.15, 0.2) is 28.7 Å². The third kappa shape index (κ3) is 6.07. The minimum Gasteiger partial charge on any atom is -0.310 e. The first kappa shape index (κ1) is 14.5. The lowest BCUT2D eigenvalue weighted by Gasteiger charge is -2.15. The van der Waals surface area contributed by atoms with Crippen LogP contribution in [0, 0.1) is 0 Å². The Kier molecular flexibility index (Phi) is 5.46. The molecule has 0 aliphatic carbocycles. The monoisotopic (exact) mass is 309 g/mol. The van der Waals surface area contributed by atoms with Gasteiger partial charge in [-0.1, -0.05) is 28.1 Å². The quantitative estimate of drug-likeness (QED) is 0.793. The first-order chi connectivity index (χ1) is 7.88. The fourth-order valence-corrected chi connectivity index (χ4v) is 1.92. The van der Waals surface area contributed by atoms with Gasteiger partial charge in [0.25, 0.3) is 0 Å². The van der Waals surface area contributed by atoms with Gasteiger partial charge >= 0.3 is 6.18 Å². The van der Waals surface area contributed by atoms with E-state index in [1.54, 1.807) is 0 Å². The molecule has 1 atom stereocenters. The molecule has 0 aliphatic rings. The van der Waals surface area contributed by atoms with Crippen molar-refractivity contribution < 1.29 is 13.2 Å². The van der Waals surface area contributed by atoms with Crippen LogP contribution in [-0.4, -0.2) is 12.7 Å². The molecule has 0 unspecified atom stereocenters. The summed E-state index contributed by atoms with van der Waals surface area (Å²) in [5, 5.41) is 3.08. The second-order valence-corrected chi connectivity index (χ2v) is 4.87. The van der Waals surface area contributed by atoms with Gasteiger partial charge in [-0.05, 0) is 37.6 Å². The van der Waals surface area contributed by atoms with E-state index in [-0.39, 0.29) is 12.5 Å². The molecule has 17 heavy (non-hydrogen) atoms. The van der Waals surface area contributed by atoms with Crippen molar-refractivity contribution in [2.24, 2.45) is 0 Å². The molecule has 5 heteroatoms. The zero-order chi connectivity index (χ0) is 12.9. The Morgan fingerprint density at radius 2 is 2.06 bits per heavy atom. The van der Waals surface area contributed by atoms with Crippen LogP contribution in [0.4, 0.5) is 13.2 Å². The Morgan fingerprint density at radius 1 is 1.35 bits per heavy atom. The predicted octanol–water partition coefficient (Wildman–Crippen LogP) is 4.44. The number of nitrogens with one attached hydrogen (secondary N) is 1. The Hall–Kier alpha value is -0.550. The van der Waals surface area contributed by atoms with Gasteiger partial charge in [0.2, 0.25) is 0 Å². The SMILES string of the molecule is C[C@H](NCCCC(F)(F)F)c1cccc(Br)c1. The van der Waals surface area contributed by atoms with Crippen LogP contribution in [0.2, 0.25) is 0 Å². The topological polar surface area (TPSA) is 12.0 Å². The van der Waals surface area contributed by atoms with Gasteiger partial charge in [-0.2, -0.15) is 13.2 Å². The maximum atomic E-state index is 11.9. The third-order valence-electron chi connectivity index (χ3n) is 2.44. The molecule has 1 N–H and O–H groups in total. The summed E-state index contributed by atoms with van der Waals surface area (Å²) in [7, 11) is 0. The van der Waals surface area contributed by atoms with Crippen molar-refractivity contribution in [2.45, 2.75) is 32.0 Å². The molecule has 1 nitrogen and oxygen atoms in total. The van der Waals surface area contributed by atoms with E-state index in [4.69, 9.17) is 0 Å². The van der Waals surface area contributed by atoms with Gasteiger partial charge in [0.05, 0.1) is 0 Å². The number of hydrogen-bond donors (Lipinski definition) is 1. The van der Waals surface area contributed by atoms with Crippen LogP contribution >= 0.6 is 15.9 Å². The van der Waals surface area contributed by atoms with Crippen molar-refractivity contribution in [2.75, 3.05) is 6.54 Å². The summed E-state index contributed by atoms with van der Waals surface area (Å²) < 4.78 is 36.7. The summed E-state index contributed by atoms with van der Waals surface area (Å²) >= 11 is 3.36. The maximum absolute atomic E-state index is 11.9. The van der Waals surface area contributed by atoms with Gasteiger partial charge in [0.1, 0.15) is 0 Å². The van der Waals surface area contributed by atoms with E-state index in [9.17, 15) is 13.2 Å². The van der Waals surface area contributed by atoms with Gasteiger partial charge in [0, 0.05) is 16.9 Å². The molecular weight excluding hydrogens is 295 g/mol. The van der Waals surface area contributed by atoms with Crippen molar-refractivity contribution in [3.8, 4) is 0 Å². The Bertz CT molecular complexity index is 352. The average molecular weight is 310 g/mol. The summed E-state index contributed by atoms with van der Waals surface area (Å²) in [6.07, 6.45) is -4.67. The van der Waals surface area contributed by atoms with Crippen LogP contribution < -0.4 is 5.32 Å². The smallest absolute Gasteiger partial charge is 0.310 e. The second-order valence-electron chi connectivity index (χ2n) is 3.95. The average Bonchev–Trinajstić information content (AvgIpc) is 2.23. The lowest BCUT2D eigenvalue weighted by molar-refractivity contribution is -0.135. The van der Waals surface area contributed by atoms with Crippen molar-refractivity contribution in [1.29, 1.82) is 0 Å². The van der Waals surface area contributed by atoms with Crippen molar-refractivity contribution in [3.05, 3.63) is 34.3 Å². The summed E-state index contributed by atoms with van der Waals surface area (Å²) in [5.41, 5.74) is 1.06. The van der Waals surface area contributed by atoms with Crippen molar-refractivity contribution in [3.63, 3.8) is 0 Å². The fraction of sp³-hybridized carbons (Fsp3) is 0.500. The van der Waals surface area contributed by atoms with E-state index in [1.165, 1.54) is 0 Å². The number of alkyl halides is 3. The Morgan fingerprint density at radius 3 is 2.65 bits per heavy atom. The van der Waals surface area contributed by atoms with E-state index in [0.29, 0.717) is 6.54 Å². The number of hydrogen-bond acceptors (Lipinski definition) is 1. The molecule has 0 saturated heterocycles. The summed E-state index contributed by atoms with van der Waals surface area (Å²) in [6.45, 7) is 2.31. The highest BCUT2D eigenvalue weighted by Crippen LogP contribution is 2.21. The molecule has 1 rings (SSSR count). The van der Waals surface area contributed by atoms with E-state index < -0.39 is 12.6 Å². The Labute approximate surface area is 108 Å². The van der Waals surface area contributed by atoms with E-state index in [2.05, 4.69) is 21.2 Å². The maximum Gasteiger partial charge on any atom is 0.389 e. The highest BCUT2D eigenvalue weighted by atomic mass is 79.9. The molecule has 1 aromatic rings. The van der Waals surface area contributed by atoms with Gasteiger partial charge in [0.15, 0.2) is 0 Å². The minimum absolute atomic E-state index is 0.0562. The fourth-order valence-electron chi connectivity index (χ4n) is 1.50. The molecule has 0 aromatic heterocycles. The zero-order valence-electron chi connectivity index (χ0n) is 9.52. The molecular formula is C12H15BrF3N. The molecule has 0 fully saturated rings. The number of rotatable bonds is 5. The molecule has 0 radical (unpaired) electrons. The van der Waals surface area contributed by atoms with E-state index in [1.807, 2.05) is 31.2 Å². The summed E-state index contributed by atoms with van der Waals surface area (Å²) in [4.78, 5) is 0. The molecule has 96 valence electrons. The van der Waals surface area contributed by atoms with Gasteiger partial charge in [-0.15, -0.1) is 0 Å².